The molecule has 0 fully saturated rings. The van der Waals surface area contributed by atoms with Crippen molar-refractivity contribution < 1.29 is 14.3 Å². The zero-order valence-electron chi connectivity index (χ0n) is 18.4. The van der Waals surface area contributed by atoms with E-state index in [-0.39, 0.29) is 11.8 Å². The first kappa shape index (κ1) is 23.1. The zero-order chi connectivity index (χ0) is 23.8. The molecule has 172 valence electrons. The second kappa shape index (κ2) is 11.2. The number of anilines is 1. The molecule has 0 aliphatic heterocycles. The lowest BCUT2D eigenvalue weighted by atomic mass is 9.88. The number of hydrogen-bond donors (Lipinski definition) is 2. The van der Waals surface area contributed by atoms with E-state index < -0.39 is 6.09 Å². The Kier molecular flexibility index (Phi) is 7.63. The topological polar surface area (TPSA) is 117 Å². The number of nitrogens with zero attached hydrogens (tertiary/aromatic N) is 3. The first-order valence-corrected chi connectivity index (χ1v) is 11.7. The predicted molar refractivity (Wildman–Crippen MR) is 129 cm³/mol. The minimum Gasteiger partial charge on any atom is -0.449 e. The van der Waals surface area contributed by atoms with Crippen LogP contribution in [0.3, 0.4) is 0 Å². The van der Waals surface area contributed by atoms with E-state index in [1.807, 2.05) is 18.2 Å². The molecule has 3 aromatic heterocycles. The first-order valence-electron chi connectivity index (χ1n) is 10.9. The van der Waals surface area contributed by atoms with E-state index in [0.717, 1.165) is 28.0 Å². The quantitative estimate of drug-likeness (QED) is 0.499. The van der Waals surface area contributed by atoms with Gasteiger partial charge in [0.2, 0.25) is 5.91 Å². The average molecular weight is 474 g/mol. The molecule has 0 radical (unpaired) electrons. The average Bonchev–Trinajstić information content (AvgIpc) is 3.22. The number of carbonyl (C=O) groups excluding carboxylic acids is 2. The Balaban J connectivity index is 1.31. The number of amides is 2. The van der Waals surface area contributed by atoms with Gasteiger partial charge in [0.1, 0.15) is 11.1 Å². The van der Waals surface area contributed by atoms with Crippen molar-refractivity contribution in [2.45, 2.75) is 25.8 Å². The molecule has 0 bridgehead atoms. The van der Waals surface area contributed by atoms with Crippen LogP contribution in [0.15, 0.2) is 55.1 Å². The van der Waals surface area contributed by atoms with Crippen LogP contribution in [0.25, 0.3) is 6.08 Å². The highest BCUT2D eigenvalue weighted by molar-refractivity contribution is 7.16. The Hall–Kier alpha value is -4.03. The zero-order valence-corrected chi connectivity index (χ0v) is 19.2. The van der Waals surface area contributed by atoms with Crippen molar-refractivity contribution in [1.29, 1.82) is 5.26 Å². The molecule has 1 aliphatic rings. The van der Waals surface area contributed by atoms with Crippen molar-refractivity contribution in [3.63, 3.8) is 0 Å². The summed E-state index contributed by atoms with van der Waals surface area (Å²) in [6.07, 6.45) is 11.6. The van der Waals surface area contributed by atoms with Crippen LogP contribution in [0.4, 0.5) is 9.80 Å². The third-order valence-corrected chi connectivity index (χ3v) is 6.61. The van der Waals surface area contributed by atoms with Crippen molar-refractivity contribution in [3.8, 4) is 6.07 Å². The summed E-state index contributed by atoms with van der Waals surface area (Å²) in [5, 5.41) is 15.8. The fraction of sp³-hybridized carbons (Fsp3) is 0.240. The van der Waals surface area contributed by atoms with Gasteiger partial charge >= 0.3 is 6.09 Å². The van der Waals surface area contributed by atoms with Gasteiger partial charge < -0.3 is 15.4 Å². The highest BCUT2D eigenvalue weighted by Gasteiger charge is 2.27. The van der Waals surface area contributed by atoms with E-state index in [4.69, 9.17) is 4.74 Å². The van der Waals surface area contributed by atoms with Crippen LogP contribution in [0.2, 0.25) is 0 Å². The molecule has 3 heterocycles. The summed E-state index contributed by atoms with van der Waals surface area (Å²) in [6.45, 7) is 0.657. The molecule has 8 nitrogen and oxygen atoms in total. The van der Waals surface area contributed by atoms with Crippen molar-refractivity contribution >= 4 is 34.4 Å². The Bertz CT molecular complexity index is 1220. The van der Waals surface area contributed by atoms with Gasteiger partial charge in [-0.1, -0.05) is 12.1 Å². The number of rotatable bonds is 7. The molecule has 2 amide bonds. The van der Waals surface area contributed by atoms with Gasteiger partial charge in [-0.05, 0) is 60.1 Å². The fourth-order valence-electron chi connectivity index (χ4n) is 3.72. The summed E-state index contributed by atoms with van der Waals surface area (Å²) in [4.78, 5) is 33.5. The van der Waals surface area contributed by atoms with Crippen molar-refractivity contribution in [1.82, 2.24) is 15.3 Å². The standard InChI is InChI=1S/C25H23N5O3S/c26-12-21-20-7-5-18(16-33-25(32)29-15-19-4-2-10-28-14-19)11-22(20)34-24(21)30-23(31)8-6-17-3-1-9-27-13-17/h1-4,6,8-10,13-14,18H,5,7,11,15-16H2,(H,29,32)(H,30,31)/b8-6+. The SMILES string of the molecule is N#Cc1c(NC(=O)/C=C/c2cccnc2)sc2c1CCC(COC(=O)NCc1cccnc1)C2. The van der Waals surface area contributed by atoms with Crippen LogP contribution >= 0.6 is 11.3 Å². The summed E-state index contributed by atoms with van der Waals surface area (Å²) in [7, 11) is 0. The number of carbonyl (C=O) groups is 2. The van der Waals surface area contributed by atoms with Gasteiger partial charge in [0.15, 0.2) is 0 Å². The molecule has 4 rings (SSSR count). The molecular weight excluding hydrogens is 450 g/mol. The minimum absolute atomic E-state index is 0.163. The Labute approximate surface area is 201 Å². The van der Waals surface area contributed by atoms with E-state index in [0.29, 0.717) is 36.6 Å². The number of nitrogens with one attached hydrogen (secondary N) is 2. The molecule has 34 heavy (non-hydrogen) atoms. The Morgan fingerprint density at radius 3 is 2.79 bits per heavy atom. The molecule has 1 atom stereocenters. The lowest BCUT2D eigenvalue weighted by Gasteiger charge is -2.21. The molecule has 3 aromatic rings. The second-order valence-electron chi connectivity index (χ2n) is 7.85. The van der Waals surface area contributed by atoms with Crippen LogP contribution < -0.4 is 10.6 Å². The van der Waals surface area contributed by atoms with Crippen molar-refractivity contribution in [2.75, 3.05) is 11.9 Å². The summed E-state index contributed by atoms with van der Waals surface area (Å²) >= 11 is 1.42. The van der Waals surface area contributed by atoms with Crippen molar-refractivity contribution in [2.24, 2.45) is 5.92 Å². The molecule has 2 N–H and O–H groups in total. The van der Waals surface area contributed by atoms with E-state index in [1.165, 1.54) is 17.4 Å². The number of nitriles is 1. The largest absolute Gasteiger partial charge is 0.449 e. The van der Waals surface area contributed by atoms with Gasteiger partial charge in [0, 0.05) is 42.3 Å². The van der Waals surface area contributed by atoms with Gasteiger partial charge in [-0.25, -0.2) is 4.79 Å². The van der Waals surface area contributed by atoms with Gasteiger partial charge in [-0.2, -0.15) is 5.26 Å². The number of pyridine rings is 2. The molecule has 0 aromatic carbocycles. The monoisotopic (exact) mass is 473 g/mol. The molecular formula is C25H23N5O3S. The third kappa shape index (κ3) is 6.05. The Morgan fingerprint density at radius 2 is 2.06 bits per heavy atom. The van der Waals surface area contributed by atoms with Crippen LogP contribution in [0.5, 0.6) is 0 Å². The second-order valence-corrected chi connectivity index (χ2v) is 8.96. The number of aromatic nitrogens is 2. The molecule has 0 spiro atoms. The number of thiophene rings is 1. The van der Waals surface area contributed by atoms with E-state index in [9.17, 15) is 14.9 Å². The molecule has 1 unspecified atom stereocenters. The van der Waals surface area contributed by atoms with E-state index in [2.05, 4.69) is 26.7 Å². The van der Waals surface area contributed by atoms with Gasteiger partial charge in [-0.15, -0.1) is 11.3 Å². The van der Waals surface area contributed by atoms with E-state index in [1.54, 1.807) is 36.9 Å². The summed E-state index contributed by atoms with van der Waals surface area (Å²) < 4.78 is 5.41. The van der Waals surface area contributed by atoms with Crippen LogP contribution in [-0.4, -0.2) is 28.6 Å². The highest BCUT2D eigenvalue weighted by Crippen LogP contribution is 2.39. The smallest absolute Gasteiger partial charge is 0.407 e. The molecule has 1 aliphatic carbocycles. The molecule has 0 saturated carbocycles. The highest BCUT2D eigenvalue weighted by atomic mass is 32.1. The van der Waals surface area contributed by atoms with Crippen LogP contribution in [-0.2, 0) is 28.9 Å². The van der Waals surface area contributed by atoms with Crippen molar-refractivity contribution in [3.05, 3.63) is 82.3 Å². The van der Waals surface area contributed by atoms with Gasteiger partial charge in [-0.3, -0.25) is 14.8 Å². The maximum Gasteiger partial charge on any atom is 0.407 e. The Morgan fingerprint density at radius 1 is 1.24 bits per heavy atom. The number of alkyl carbamates (subject to hydrolysis) is 1. The number of ether oxygens (including phenoxy) is 1. The fourth-order valence-corrected chi connectivity index (χ4v) is 5.04. The first-order chi connectivity index (χ1) is 16.6. The molecule has 0 saturated heterocycles. The number of hydrogen-bond acceptors (Lipinski definition) is 7. The normalized spacial score (nSPS) is 14.7. The maximum atomic E-state index is 12.4. The maximum absolute atomic E-state index is 12.4. The van der Waals surface area contributed by atoms with Crippen LogP contribution in [0.1, 0.15) is 33.6 Å². The molecule has 9 heteroatoms. The minimum atomic E-state index is -0.466. The lowest BCUT2D eigenvalue weighted by Crippen LogP contribution is -2.27. The summed E-state index contributed by atoms with van der Waals surface area (Å²) in [6, 6.07) is 9.58. The van der Waals surface area contributed by atoms with Crippen LogP contribution in [0, 0.1) is 17.2 Å². The number of fused-ring (bicyclic) bond motifs is 1. The summed E-state index contributed by atoms with van der Waals surface area (Å²) in [5.41, 5.74) is 3.22. The predicted octanol–water partition coefficient (Wildman–Crippen LogP) is 4.09. The van der Waals surface area contributed by atoms with E-state index >= 15 is 0 Å². The lowest BCUT2D eigenvalue weighted by molar-refractivity contribution is -0.111. The van der Waals surface area contributed by atoms with Gasteiger partial charge in [0.25, 0.3) is 0 Å². The van der Waals surface area contributed by atoms with Gasteiger partial charge in [0.05, 0.1) is 12.2 Å². The summed E-state index contributed by atoms with van der Waals surface area (Å²) in [5.74, 6) is -0.139. The third-order valence-electron chi connectivity index (χ3n) is 5.44.